The monoisotopic (exact) mass is 275 g/mol. The second kappa shape index (κ2) is 4.06. The number of carboxylic acid groups (broad SMARTS) is 1. The van der Waals surface area contributed by atoms with Crippen molar-refractivity contribution in [2.75, 3.05) is 0 Å². The van der Waals surface area contributed by atoms with Crippen molar-refractivity contribution in [3.63, 3.8) is 0 Å². The van der Waals surface area contributed by atoms with E-state index in [1.807, 2.05) is 0 Å². The molecule has 1 atom stereocenters. The fourth-order valence-corrected chi connectivity index (χ4v) is 5.53. The average Bonchev–Trinajstić information content (AvgIpc) is 2.85. The smallest absolute Gasteiger partial charge is 0.375 e. The van der Waals surface area contributed by atoms with Crippen molar-refractivity contribution in [2.45, 2.75) is 51.5 Å². The van der Waals surface area contributed by atoms with Gasteiger partial charge in [0.25, 0.3) is 5.82 Å². The number of aromatic nitrogens is 3. The number of carbonyl (C=O) groups is 1. The minimum Gasteiger partial charge on any atom is -0.475 e. The maximum Gasteiger partial charge on any atom is 0.375 e. The van der Waals surface area contributed by atoms with Crippen molar-refractivity contribution >= 4 is 5.97 Å². The first-order valence-electron chi connectivity index (χ1n) is 7.70. The molecule has 0 aromatic carbocycles. The minimum absolute atomic E-state index is 0.0819. The van der Waals surface area contributed by atoms with Crippen LogP contribution in [0, 0.1) is 23.2 Å². The van der Waals surface area contributed by atoms with Crippen LogP contribution in [0.1, 0.15) is 62.1 Å². The van der Waals surface area contributed by atoms with Crippen LogP contribution in [-0.2, 0) is 0 Å². The summed E-state index contributed by atoms with van der Waals surface area (Å²) >= 11 is 0. The Morgan fingerprint density at radius 2 is 1.85 bits per heavy atom. The predicted molar refractivity (Wildman–Crippen MR) is 72.3 cm³/mol. The Hall–Kier alpha value is -1.39. The fourth-order valence-electron chi connectivity index (χ4n) is 5.53. The third kappa shape index (κ3) is 1.71. The van der Waals surface area contributed by atoms with Gasteiger partial charge in [0.15, 0.2) is 0 Å². The average molecular weight is 275 g/mol. The van der Waals surface area contributed by atoms with E-state index >= 15 is 0 Å². The number of carboxylic acids is 1. The van der Waals surface area contributed by atoms with E-state index < -0.39 is 5.97 Å². The molecule has 0 radical (unpaired) electrons. The lowest BCUT2D eigenvalue weighted by molar-refractivity contribution is -0.0811. The van der Waals surface area contributed by atoms with E-state index in [0.717, 1.165) is 17.8 Å². The van der Waals surface area contributed by atoms with Crippen molar-refractivity contribution in [3.8, 4) is 0 Å². The molecule has 1 heterocycles. The molecule has 0 aliphatic heterocycles. The second-order valence-electron chi connectivity index (χ2n) is 7.31. The van der Waals surface area contributed by atoms with Crippen LogP contribution in [0.2, 0.25) is 0 Å². The largest absolute Gasteiger partial charge is 0.475 e. The van der Waals surface area contributed by atoms with Gasteiger partial charge in [0.05, 0.1) is 6.04 Å². The Bertz CT molecular complexity index is 516. The fraction of sp³-hybridized carbons (Fsp3) is 0.800. The number of nitrogens with zero attached hydrogens (tertiary/aromatic N) is 3. The molecule has 0 saturated heterocycles. The van der Waals surface area contributed by atoms with Gasteiger partial charge in [0.1, 0.15) is 6.33 Å². The Morgan fingerprint density at radius 1 is 1.30 bits per heavy atom. The van der Waals surface area contributed by atoms with Gasteiger partial charge in [0, 0.05) is 0 Å². The van der Waals surface area contributed by atoms with Crippen LogP contribution in [0.15, 0.2) is 6.33 Å². The molecule has 1 N–H and O–H groups in total. The molecule has 0 spiro atoms. The molecule has 4 saturated carbocycles. The first-order chi connectivity index (χ1) is 9.56. The maximum absolute atomic E-state index is 10.9. The summed E-state index contributed by atoms with van der Waals surface area (Å²) in [5, 5.41) is 13.1. The maximum atomic E-state index is 10.9. The second-order valence-corrected chi connectivity index (χ2v) is 7.31. The lowest BCUT2D eigenvalue weighted by atomic mass is 9.48. The highest BCUT2D eigenvalue weighted by Crippen LogP contribution is 2.63. The van der Waals surface area contributed by atoms with Crippen LogP contribution >= 0.6 is 0 Å². The third-order valence-electron chi connectivity index (χ3n) is 6.07. The van der Waals surface area contributed by atoms with Crippen LogP contribution in [0.25, 0.3) is 0 Å². The van der Waals surface area contributed by atoms with Gasteiger partial charge in [0.2, 0.25) is 0 Å². The molecule has 4 aliphatic rings. The van der Waals surface area contributed by atoms with Gasteiger partial charge in [-0.2, -0.15) is 0 Å². The van der Waals surface area contributed by atoms with Crippen LogP contribution in [0.4, 0.5) is 0 Å². The van der Waals surface area contributed by atoms with Crippen LogP contribution < -0.4 is 0 Å². The van der Waals surface area contributed by atoms with E-state index in [1.54, 1.807) is 11.0 Å². The third-order valence-corrected chi connectivity index (χ3v) is 6.07. The summed E-state index contributed by atoms with van der Waals surface area (Å²) in [7, 11) is 0. The summed E-state index contributed by atoms with van der Waals surface area (Å²) in [6.45, 7) is 2.20. The molecule has 5 rings (SSSR count). The first kappa shape index (κ1) is 12.4. The van der Waals surface area contributed by atoms with Crippen LogP contribution in [0.5, 0.6) is 0 Å². The molecule has 4 aliphatic carbocycles. The molecule has 4 fully saturated rings. The SMILES string of the molecule is CC(n1cnc(C(=O)O)n1)C12CC3CC(CC(C3)C1)C2. The zero-order valence-electron chi connectivity index (χ0n) is 11.8. The first-order valence-corrected chi connectivity index (χ1v) is 7.70. The zero-order valence-corrected chi connectivity index (χ0v) is 11.8. The highest BCUT2D eigenvalue weighted by molar-refractivity contribution is 5.82. The van der Waals surface area contributed by atoms with E-state index in [-0.39, 0.29) is 11.9 Å². The molecule has 108 valence electrons. The van der Waals surface area contributed by atoms with Gasteiger partial charge >= 0.3 is 5.97 Å². The van der Waals surface area contributed by atoms with Crippen LogP contribution in [0.3, 0.4) is 0 Å². The number of rotatable bonds is 3. The molecule has 4 bridgehead atoms. The van der Waals surface area contributed by atoms with E-state index in [0.29, 0.717) is 5.41 Å². The Kier molecular flexibility index (Phi) is 2.51. The predicted octanol–water partition coefficient (Wildman–Crippen LogP) is 2.75. The van der Waals surface area contributed by atoms with E-state index in [9.17, 15) is 4.79 Å². The highest BCUT2D eigenvalue weighted by atomic mass is 16.4. The van der Waals surface area contributed by atoms with Gasteiger partial charge in [-0.05, 0) is 68.6 Å². The number of hydrogen-bond donors (Lipinski definition) is 1. The molecule has 5 nitrogen and oxygen atoms in total. The molecule has 20 heavy (non-hydrogen) atoms. The molecular formula is C15H21N3O2. The Labute approximate surface area is 118 Å². The van der Waals surface area contributed by atoms with Gasteiger partial charge in [-0.25, -0.2) is 14.5 Å². The van der Waals surface area contributed by atoms with Gasteiger partial charge < -0.3 is 5.11 Å². The summed E-state index contributed by atoms with van der Waals surface area (Å²) in [5.74, 6) is 1.56. The van der Waals surface area contributed by atoms with Gasteiger partial charge in [-0.3, -0.25) is 0 Å². The van der Waals surface area contributed by atoms with Gasteiger partial charge in [-0.1, -0.05) is 0 Å². The molecule has 5 heteroatoms. The lowest BCUT2D eigenvalue weighted by Crippen LogP contribution is -2.49. The quantitative estimate of drug-likeness (QED) is 0.921. The Balaban J connectivity index is 1.64. The van der Waals surface area contributed by atoms with Crippen molar-refractivity contribution in [3.05, 3.63) is 12.2 Å². The molecule has 1 unspecified atom stereocenters. The molecule has 1 aromatic heterocycles. The summed E-state index contributed by atoms with van der Waals surface area (Å²) in [5.41, 5.74) is 0.332. The lowest BCUT2D eigenvalue weighted by Gasteiger charge is -2.58. The van der Waals surface area contributed by atoms with E-state index in [1.165, 1.54) is 38.5 Å². The van der Waals surface area contributed by atoms with Crippen molar-refractivity contribution < 1.29 is 9.90 Å². The zero-order chi connectivity index (χ0) is 13.9. The molecule has 0 amide bonds. The van der Waals surface area contributed by atoms with E-state index in [4.69, 9.17) is 5.11 Å². The summed E-state index contributed by atoms with van der Waals surface area (Å²) in [6, 6.07) is 0.261. The van der Waals surface area contributed by atoms with Gasteiger partial charge in [-0.15, -0.1) is 5.10 Å². The van der Waals surface area contributed by atoms with E-state index in [2.05, 4.69) is 17.0 Å². The standard InChI is InChI=1S/C15H21N3O2/c1-9(18-8-16-13(17-18)14(19)20)15-5-10-2-11(6-15)4-12(3-10)7-15/h8-12H,2-7H2,1H3,(H,19,20). The highest BCUT2D eigenvalue weighted by Gasteiger charge is 2.53. The number of hydrogen-bond acceptors (Lipinski definition) is 3. The summed E-state index contributed by atoms with van der Waals surface area (Å²) in [4.78, 5) is 14.9. The summed E-state index contributed by atoms with van der Waals surface area (Å²) < 4.78 is 1.80. The minimum atomic E-state index is -1.04. The Morgan fingerprint density at radius 3 is 2.30 bits per heavy atom. The van der Waals surface area contributed by atoms with Crippen LogP contribution in [-0.4, -0.2) is 25.8 Å². The number of aromatic carboxylic acids is 1. The normalized spacial score (nSPS) is 40.0. The molecule has 1 aromatic rings. The summed E-state index contributed by atoms with van der Waals surface area (Å²) in [6.07, 6.45) is 9.75. The topological polar surface area (TPSA) is 68.0 Å². The van der Waals surface area contributed by atoms with Crippen molar-refractivity contribution in [1.82, 2.24) is 14.8 Å². The van der Waals surface area contributed by atoms with Crippen molar-refractivity contribution in [2.24, 2.45) is 23.2 Å². The molecular weight excluding hydrogens is 254 g/mol. The van der Waals surface area contributed by atoms with Crippen molar-refractivity contribution in [1.29, 1.82) is 0 Å².